The summed E-state index contributed by atoms with van der Waals surface area (Å²) in [5.41, 5.74) is 1.29. The molecule has 0 spiro atoms. The largest absolute Gasteiger partial charge is 1.00 e. The maximum Gasteiger partial charge on any atom is 1.00 e. The van der Waals surface area contributed by atoms with E-state index in [4.69, 9.17) is 0 Å². The van der Waals surface area contributed by atoms with Gasteiger partial charge in [-0.1, -0.05) is 30.3 Å². The second kappa shape index (κ2) is 8.15. The number of rotatable bonds is 3. The maximum atomic E-state index is 12.0. The van der Waals surface area contributed by atoms with Crippen LogP contribution in [-0.2, 0) is 4.79 Å². The number of hydrogen-bond donors (Lipinski definition) is 1. The molecular formula is C15H21N2NaO2. The molecule has 2 aliphatic rings. The van der Waals surface area contributed by atoms with Crippen molar-refractivity contribution in [1.82, 2.24) is 10.2 Å². The van der Waals surface area contributed by atoms with E-state index in [9.17, 15) is 4.79 Å². The van der Waals surface area contributed by atoms with Gasteiger partial charge in [0, 0.05) is 32.1 Å². The van der Waals surface area contributed by atoms with Crippen LogP contribution in [0.25, 0.3) is 0 Å². The molecule has 1 aromatic rings. The van der Waals surface area contributed by atoms with Crippen LogP contribution in [0.2, 0.25) is 0 Å². The Labute approximate surface area is 142 Å². The molecule has 3 rings (SSSR count). The van der Waals surface area contributed by atoms with Gasteiger partial charge in [0.2, 0.25) is 5.91 Å². The summed E-state index contributed by atoms with van der Waals surface area (Å²) >= 11 is 0. The Hall–Kier alpha value is -0.390. The maximum absolute atomic E-state index is 12.0. The van der Waals surface area contributed by atoms with Crippen LogP contribution < -0.4 is 34.9 Å². The van der Waals surface area contributed by atoms with Gasteiger partial charge in [-0.25, -0.2) is 0 Å². The molecule has 4 nitrogen and oxygen atoms in total. The second-order valence-corrected chi connectivity index (χ2v) is 5.41. The minimum atomic E-state index is 0. The van der Waals surface area contributed by atoms with Gasteiger partial charge in [0.15, 0.2) is 0 Å². The standard InChI is InChI=1S/C15H20N2O.Na.H2O/c18-15-8-9-16-14(13-4-2-1-3-5-13)11-17(15)10-12-6-7-12;;/h1-5,12,14,16H,6-11H2;;1H2/q;+1;/p-1. The Balaban J connectivity index is 0.000001000. The van der Waals surface area contributed by atoms with E-state index in [2.05, 4.69) is 34.5 Å². The summed E-state index contributed by atoms with van der Waals surface area (Å²) in [5.74, 6) is 1.08. The molecule has 1 aliphatic heterocycles. The Bertz CT molecular complexity index is 423. The van der Waals surface area contributed by atoms with E-state index < -0.39 is 0 Å². The minimum Gasteiger partial charge on any atom is -0.870 e. The van der Waals surface area contributed by atoms with Gasteiger partial charge in [0.1, 0.15) is 0 Å². The van der Waals surface area contributed by atoms with Gasteiger partial charge in [-0.05, 0) is 24.3 Å². The number of nitrogens with zero attached hydrogens (tertiary/aromatic N) is 1. The summed E-state index contributed by atoms with van der Waals surface area (Å²) < 4.78 is 0. The van der Waals surface area contributed by atoms with E-state index in [1.54, 1.807) is 0 Å². The quantitative estimate of drug-likeness (QED) is 0.708. The Morgan fingerprint density at radius 2 is 1.90 bits per heavy atom. The topological polar surface area (TPSA) is 62.3 Å². The molecule has 0 aromatic heterocycles. The van der Waals surface area contributed by atoms with Crippen LogP contribution in [0, 0.1) is 5.92 Å². The summed E-state index contributed by atoms with van der Waals surface area (Å²) in [7, 11) is 0. The number of benzene rings is 1. The normalized spacial score (nSPS) is 22.5. The third kappa shape index (κ3) is 4.57. The molecule has 1 amide bonds. The molecule has 20 heavy (non-hydrogen) atoms. The van der Waals surface area contributed by atoms with E-state index in [0.717, 1.165) is 25.6 Å². The molecule has 1 unspecified atom stereocenters. The number of hydrogen-bond acceptors (Lipinski definition) is 3. The third-order valence-electron chi connectivity index (χ3n) is 3.86. The molecule has 0 radical (unpaired) electrons. The van der Waals surface area contributed by atoms with Crippen LogP contribution in [0.1, 0.15) is 30.9 Å². The van der Waals surface area contributed by atoms with Crippen LogP contribution in [0.4, 0.5) is 0 Å². The average Bonchev–Trinajstić information content (AvgIpc) is 3.21. The van der Waals surface area contributed by atoms with Crippen LogP contribution in [-0.4, -0.2) is 35.9 Å². The fourth-order valence-electron chi connectivity index (χ4n) is 2.60. The van der Waals surface area contributed by atoms with Crippen molar-refractivity contribution in [2.45, 2.75) is 25.3 Å². The Morgan fingerprint density at radius 1 is 1.20 bits per heavy atom. The van der Waals surface area contributed by atoms with Crippen molar-refractivity contribution < 1.29 is 39.8 Å². The van der Waals surface area contributed by atoms with Crippen molar-refractivity contribution in [2.24, 2.45) is 5.92 Å². The molecule has 1 saturated heterocycles. The summed E-state index contributed by atoms with van der Waals surface area (Å²) in [5, 5.41) is 3.49. The van der Waals surface area contributed by atoms with Gasteiger partial charge in [0.25, 0.3) is 0 Å². The molecule has 1 saturated carbocycles. The van der Waals surface area contributed by atoms with Crippen molar-refractivity contribution in [3.63, 3.8) is 0 Å². The SMILES string of the molecule is O=C1CCNC(c2ccccc2)CN1CC1CC1.[Na+].[OH-]. The van der Waals surface area contributed by atoms with Crippen LogP contribution >= 0.6 is 0 Å². The zero-order valence-electron chi connectivity index (χ0n) is 12.1. The first-order valence-electron chi connectivity index (χ1n) is 6.89. The zero-order chi connectivity index (χ0) is 12.4. The van der Waals surface area contributed by atoms with Gasteiger partial charge in [-0.3, -0.25) is 4.79 Å². The molecule has 1 atom stereocenters. The van der Waals surface area contributed by atoms with Crippen molar-refractivity contribution in [2.75, 3.05) is 19.6 Å². The average molecular weight is 284 g/mol. The van der Waals surface area contributed by atoms with E-state index in [-0.39, 0.29) is 41.1 Å². The second-order valence-electron chi connectivity index (χ2n) is 5.41. The zero-order valence-corrected chi connectivity index (χ0v) is 14.1. The van der Waals surface area contributed by atoms with Crippen LogP contribution in [0.5, 0.6) is 0 Å². The first-order valence-corrected chi connectivity index (χ1v) is 6.89. The van der Waals surface area contributed by atoms with Crippen LogP contribution in [0.3, 0.4) is 0 Å². The molecule has 1 aliphatic carbocycles. The Kier molecular flexibility index (Phi) is 7.20. The molecule has 2 N–H and O–H groups in total. The molecule has 104 valence electrons. The van der Waals surface area contributed by atoms with Gasteiger partial charge in [0.05, 0.1) is 0 Å². The monoisotopic (exact) mass is 284 g/mol. The molecule has 2 fully saturated rings. The number of carbonyl (C=O) groups is 1. The number of carbonyl (C=O) groups excluding carboxylic acids is 1. The third-order valence-corrected chi connectivity index (χ3v) is 3.86. The summed E-state index contributed by atoms with van der Waals surface area (Å²) in [4.78, 5) is 14.1. The molecule has 1 heterocycles. The van der Waals surface area contributed by atoms with E-state index in [1.807, 2.05) is 6.07 Å². The first-order chi connectivity index (χ1) is 8.83. The minimum absolute atomic E-state index is 0. The predicted molar refractivity (Wildman–Crippen MR) is 73.0 cm³/mol. The summed E-state index contributed by atoms with van der Waals surface area (Å²) in [6.07, 6.45) is 3.23. The van der Waals surface area contributed by atoms with Crippen molar-refractivity contribution in [3.05, 3.63) is 35.9 Å². The predicted octanol–water partition coefficient (Wildman–Crippen LogP) is -1.21. The van der Waals surface area contributed by atoms with Gasteiger partial charge in [-0.2, -0.15) is 0 Å². The van der Waals surface area contributed by atoms with Crippen LogP contribution in [0.15, 0.2) is 30.3 Å². The molecule has 0 bridgehead atoms. The molecule has 1 aromatic carbocycles. The van der Waals surface area contributed by atoms with E-state index in [0.29, 0.717) is 12.3 Å². The number of nitrogens with one attached hydrogen (secondary N) is 1. The van der Waals surface area contributed by atoms with Crippen molar-refractivity contribution in [3.8, 4) is 0 Å². The summed E-state index contributed by atoms with van der Waals surface area (Å²) in [6.45, 7) is 2.57. The van der Waals surface area contributed by atoms with E-state index in [1.165, 1.54) is 18.4 Å². The van der Waals surface area contributed by atoms with Gasteiger partial charge >= 0.3 is 29.6 Å². The fourth-order valence-corrected chi connectivity index (χ4v) is 2.60. The van der Waals surface area contributed by atoms with Crippen molar-refractivity contribution >= 4 is 5.91 Å². The number of amides is 1. The smallest absolute Gasteiger partial charge is 0.870 e. The van der Waals surface area contributed by atoms with Gasteiger partial charge in [-0.15, -0.1) is 0 Å². The molecular weight excluding hydrogens is 263 g/mol. The fraction of sp³-hybridized carbons (Fsp3) is 0.533. The van der Waals surface area contributed by atoms with Gasteiger partial charge < -0.3 is 15.7 Å². The van der Waals surface area contributed by atoms with Crippen molar-refractivity contribution in [1.29, 1.82) is 0 Å². The first kappa shape index (κ1) is 17.7. The Morgan fingerprint density at radius 3 is 2.55 bits per heavy atom. The molecule has 5 heteroatoms. The van der Waals surface area contributed by atoms with E-state index >= 15 is 0 Å². The summed E-state index contributed by atoms with van der Waals surface area (Å²) in [6, 6.07) is 10.7.